The molecule has 1 aliphatic rings. The van der Waals surface area contributed by atoms with E-state index in [-0.39, 0.29) is 5.92 Å². The Morgan fingerprint density at radius 2 is 1.61 bits per heavy atom. The number of halogens is 4. The Kier molecular flexibility index (Phi) is 10.3. The highest BCUT2D eigenvalue weighted by atomic mass is 35.5. The molecule has 1 aromatic heterocycles. The Balaban J connectivity index is 0.000000505. The maximum absolute atomic E-state index is 11.9. The van der Waals surface area contributed by atoms with E-state index < -0.39 is 18.1 Å². The molecule has 6 N–H and O–H groups in total. The van der Waals surface area contributed by atoms with Crippen molar-refractivity contribution in [2.75, 3.05) is 6.54 Å². The molecule has 4 rings (SSSR count). The largest absolute Gasteiger partial charge is 0.490 e. The van der Waals surface area contributed by atoms with Crippen LogP contribution in [0.4, 0.5) is 13.2 Å². The smallest absolute Gasteiger partial charge is 0.475 e. The molecule has 1 aliphatic carbocycles. The first-order valence-electron chi connectivity index (χ1n) is 12.0. The van der Waals surface area contributed by atoms with Crippen molar-refractivity contribution >= 4 is 34.8 Å². The van der Waals surface area contributed by atoms with Crippen molar-refractivity contribution < 1.29 is 27.9 Å². The van der Waals surface area contributed by atoms with Crippen molar-refractivity contribution in [3.8, 4) is 11.1 Å². The van der Waals surface area contributed by atoms with Crippen molar-refractivity contribution in [3.63, 3.8) is 0 Å². The van der Waals surface area contributed by atoms with Gasteiger partial charge in [-0.3, -0.25) is 4.79 Å². The molecule has 0 spiro atoms. The van der Waals surface area contributed by atoms with Crippen LogP contribution in [0.1, 0.15) is 52.4 Å². The molecule has 1 fully saturated rings. The van der Waals surface area contributed by atoms with E-state index in [4.69, 9.17) is 33.0 Å². The minimum Gasteiger partial charge on any atom is -0.475 e. The van der Waals surface area contributed by atoms with Crippen LogP contribution in [-0.2, 0) is 4.79 Å². The zero-order valence-corrected chi connectivity index (χ0v) is 22.0. The summed E-state index contributed by atoms with van der Waals surface area (Å²) in [7, 11) is 0. The summed E-state index contributed by atoms with van der Waals surface area (Å²) in [4.78, 5) is 22.0. The lowest BCUT2D eigenvalue weighted by Gasteiger charge is -2.28. The molecule has 204 valence electrons. The fourth-order valence-corrected chi connectivity index (χ4v) is 5.80. The fraction of sp³-hybridized carbons (Fsp3) is 0.333. The normalized spacial score (nSPS) is 18.2. The summed E-state index contributed by atoms with van der Waals surface area (Å²) in [5.41, 5.74) is 15.0. The summed E-state index contributed by atoms with van der Waals surface area (Å²) in [5, 5.41) is 10.9. The van der Waals surface area contributed by atoms with E-state index in [0.29, 0.717) is 22.0 Å². The van der Waals surface area contributed by atoms with Crippen LogP contribution in [0, 0.1) is 0 Å². The molecule has 1 unspecified atom stereocenters. The first kappa shape index (κ1) is 29.6. The maximum Gasteiger partial charge on any atom is 0.490 e. The molecule has 3 aromatic rings. The molecule has 38 heavy (non-hydrogen) atoms. The van der Waals surface area contributed by atoms with E-state index in [2.05, 4.69) is 35.6 Å². The van der Waals surface area contributed by atoms with E-state index in [0.717, 1.165) is 43.4 Å². The van der Waals surface area contributed by atoms with Gasteiger partial charge in [0.05, 0.1) is 0 Å². The standard InChI is InChI=1S/C25H28ClN3OS.C2HF3O2/c26-24-21(19-8-4-5-9-20(19)25(28)30)14-23(31-24)22(16-6-2-1-3-7-16)15-29-18-12-10-17(27)11-13-18;3-2(4,5)1(6)7/h1-9,14,17-18,22,29H,10-13,15,27H2,(H2,28,30);(H,6,7). The first-order valence-corrected chi connectivity index (χ1v) is 13.2. The van der Waals surface area contributed by atoms with Gasteiger partial charge in [-0.15, -0.1) is 11.3 Å². The Morgan fingerprint density at radius 1 is 1.03 bits per heavy atom. The maximum atomic E-state index is 11.9. The van der Waals surface area contributed by atoms with E-state index in [1.54, 1.807) is 17.4 Å². The topological polar surface area (TPSA) is 118 Å². The molecule has 11 heteroatoms. The minimum absolute atomic E-state index is 0.175. The van der Waals surface area contributed by atoms with Gasteiger partial charge in [0, 0.05) is 40.6 Å². The number of rotatable bonds is 7. The second-order valence-corrected chi connectivity index (χ2v) is 10.7. The Morgan fingerprint density at radius 3 is 2.18 bits per heavy atom. The molecule has 0 radical (unpaired) electrons. The molecule has 1 saturated carbocycles. The molecule has 6 nitrogen and oxygen atoms in total. The lowest BCUT2D eigenvalue weighted by Crippen LogP contribution is -2.39. The van der Waals surface area contributed by atoms with Crippen molar-refractivity contribution in [2.45, 2.75) is 49.9 Å². The van der Waals surface area contributed by atoms with Gasteiger partial charge < -0.3 is 21.9 Å². The third-order valence-electron chi connectivity index (χ3n) is 6.36. The Hall–Kier alpha value is -2.92. The first-order chi connectivity index (χ1) is 18.0. The Labute approximate surface area is 227 Å². The zero-order valence-electron chi connectivity index (χ0n) is 20.4. The number of alkyl halides is 3. The highest BCUT2D eigenvalue weighted by molar-refractivity contribution is 7.17. The quantitative estimate of drug-likeness (QED) is 0.288. The highest BCUT2D eigenvalue weighted by Crippen LogP contribution is 2.41. The summed E-state index contributed by atoms with van der Waals surface area (Å²) in [5.74, 6) is -3.03. The summed E-state index contributed by atoms with van der Waals surface area (Å²) in [6, 6.07) is 20.8. The number of aliphatic carboxylic acids is 1. The van der Waals surface area contributed by atoms with Gasteiger partial charge in [0.2, 0.25) is 5.91 Å². The van der Waals surface area contributed by atoms with Crippen LogP contribution in [0.5, 0.6) is 0 Å². The summed E-state index contributed by atoms with van der Waals surface area (Å²) >= 11 is 8.26. The Bertz CT molecular complexity index is 1230. The predicted molar refractivity (Wildman–Crippen MR) is 143 cm³/mol. The number of thiophene rings is 1. The van der Waals surface area contributed by atoms with Crippen LogP contribution in [0.3, 0.4) is 0 Å². The molecule has 0 bridgehead atoms. The third kappa shape index (κ3) is 8.04. The van der Waals surface area contributed by atoms with Gasteiger partial charge in [0.25, 0.3) is 0 Å². The summed E-state index contributed by atoms with van der Waals surface area (Å²) in [6.45, 7) is 0.831. The van der Waals surface area contributed by atoms with Crippen molar-refractivity contribution in [1.29, 1.82) is 0 Å². The zero-order chi connectivity index (χ0) is 27.9. The fourth-order valence-electron chi connectivity index (χ4n) is 4.35. The van der Waals surface area contributed by atoms with Gasteiger partial charge in [-0.05, 0) is 48.9 Å². The molecule has 0 saturated heterocycles. The number of carbonyl (C=O) groups is 2. The number of amides is 1. The van der Waals surface area contributed by atoms with Crippen molar-refractivity contribution in [1.82, 2.24) is 5.32 Å². The number of primary amides is 1. The number of carbonyl (C=O) groups excluding carboxylic acids is 1. The average Bonchev–Trinajstić information content (AvgIpc) is 3.26. The van der Waals surface area contributed by atoms with Gasteiger partial charge in [0.15, 0.2) is 0 Å². The second-order valence-electron chi connectivity index (χ2n) is 9.03. The van der Waals surface area contributed by atoms with Gasteiger partial charge in [-0.2, -0.15) is 13.2 Å². The van der Waals surface area contributed by atoms with Crippen LogP contribution in [-0.4, -0.2) is 41.8 Å². The SMILES string of the molecule is NC(=O)c1ccccc1-c1cc(C(CNC2CCC(N)CC2)c2ccccc2)sc1Cl.O=C(O)C(F)(F)F. The van der Waals surface area contributed by atoms with Crippen LogP contribution < -0.4 is 16.8 Å². The molecule has 0 aliphatic heterocycles. The number of hydrogen-bond donors (Lipinski definition) is 4. The number of carboxylic acid groups (broad SMARTS) is 1. The molecule has 1 heterocycles. The van der Waals surface area contributed by atoms with E-state index in [1.807, 2.05) is 24.3 Å². The van der Waals surface area contributed by atoms with Crippen molar-refractivity contribution in [2.24, 2.45) is 11.5 Å². The van der Waals surface area contributed by atoms with Crippen LogP contribution in [0.2, 0.25) is 4.34 Å². The molecular formula is C27H29ClF3N3O3S. The second kappa shape index (κ2) is 13.2. The number of carboxylic acids is 1. The average molecular weight is 568 g/mol. The van der Waals surface area contributed by atoms with Gasteiger partial charge >= 0.3 is 12.1 Å². The van der Waals surface area contributed by atoms with Crippen LogP contribution >= 0.6 is 22.9 Å². The van der Waals surface area contributed by atoms with E-state index in [9.17, 15) is 18.0 Å². The molecule has 1 atom stereocenters. The minimum atomic E-state index is -5.08. The number of nitrogens with one attached hydrogen (secondary N) is 1. The van der Waals surface area contributed by atoms with Crippen LogP contribution in [0.25, 0.3) is 11.1 Å². The molecule has 2 aromatic carbocycles. The van der Waals surface area contributed by atoms with E-state index >= 15 is 0 Å². The molecular weight excluding hydrogens is 539 g/mol. The number of hydrogen-bond acceptors (Lipinski definition) is 5. The van der Waals surface area contributed by atoms with Gasteiger partial charge in [0.1, 0.15) is 4.34 Å². The van der Waals surface area contributed by atoms with Crippen molar-refractivity contribution in [3.05, 3.63) is 81.0 Å². The van der Waals surface area contributed by atoms with Crippen LogP contribution in [0.15, 0.2) is 60.7 Å². The summed E-state index contributed by atoms with van der Waals surface area (Å²) in [6.07, 6.45) is -0.699. The molecule has 1 amide bonds. The highest BCUT2D eigenvalue weighted by Gasteiger charge is 2.38. The number of benzene rings is 2. The summed E-state index contributed by atoms with van der Waals surface area (Å²) < 4.78 is 32.4. The lowest BCUT2D eigenvalue weighted by atomic mass is 9.90. The van der Waals surface area contributed by atoms with Gasteiger partial charge in [-0.1, -0.05) is 60.1 Å². The third-order valence-corrected chi connectivity index (χ3v) is 7.83. The van der Waals surface area contributed by atoms with Gasteiger partial charge in [-0.25, -0.2) is 4.79 Å². The lowest BCUT2D eigenvalue weighted by molar-refractivity contribution is -0.192. The van der Waals surface area contributed by atoms with E-state index in [1.165, 1.54) is 10.4 Å². The predicted octanol–water partition coefficient (Wildman–Crippen LogP) is 5.79. The monoisotopic (exact) mass is 567 g/mol. The number of nitrogens with two attached hydrogens (primary N) is 2.